The fourth-order valence-corrected chi connectivity index (χ4v) is 1.87. The highest BCUT2D eigenvalue weighted by molar-refractivity contribution is 6.32. The van der Waals surface area contributed by atoms with Gasteiger partial charge in [-0.15, -0.1) is 0 Å². The summed E-state index contributed by atoms with van der Waals surface area (Å²) in [5.41, 5.74) is -0.398. The Morgan fingerprint density at radius 3 is 2.84 bits per heavy atom. The molecule has 0 saturated carbocycles. The van der Waals surface area contributed by atoms with Crippen molar-refractivity contribution in [3.63, 3.8) is 0 Å². The lowest BCUT2D eigenvalue weighted by atomic mass is 10.1. The van der Waals surface area contributed by atoms with Crippen LogP contribution in [0, 0.1) is 10.1 Å². The summed E-state index contributed by atoms with van der Waals surface area (Å²) in [7, 11) is 0. The van der Waals surface area contributed by atoms with Crippen molar-refractivity contribution in [1.82, 2.24) is 4.98 Å². The maximum atomic E-state index is 11.9. The topological polar surface area (TPSA) is 91.6 Å². The number of pyridine rings is 1. The second-order valence-electron chi connectivity index (χ2n) is 4.01. The molecule has 0 unspecified atom stereocenters. The number of rotatable bonds is 3. The number of carbonyl (C=O) groups excluding carboxylic acids is 1. The molecule has 1 saturated heterocycles. The average Bonchev–Trinajstić information content (AvgIpc) is 2.40. The van der Waals surface area contributed by atoms with Crippen LogP contribution in [0.4, 0.5) is 5.69 Å². The van der Waals surface area contributed by atoms with Crippen LogP contribution in [-0.2, 0) is 9.47 Å². The maximum Gasteiger partial charge on any atom is 0.341 e. The van der Waals surface area contributed by atoms with Gasteiger partial charge >= 0.3 is 5.97 Å². The van der Waals surface area contributed by atoms with Crippen molar-refractivity contribution >= 4 is 23.3 Å². The van der Waals surface area contributed by atoms with Crippen molar-refractivity contribution in [2.75, 3.05) is 13.2 Å². The monoisotopic (exact) mass is 286 g/mol. The molecule has 1 aliphatic heterocycles. The molecule has 1 fully saturated rings. The van der Waals surface area contributed by atoms with Gasteiger partial charge in [0.05, 0.1) is 18.1 Å². The minimum Gasteiger partial charge on any atom is -0.459 e. The van der Waals surface area contributed by atoms with Crippen molar-refractivity contribution in [2.45, 2.75) is 18.9 Å². The smallest absolute Gasteiger partial charge is 0.341 e. The number of nitro groups is 1. The highest BCUT2D eigenvalue weighted by atomic mass is 35.5. The van der Waals surface area contributed by atoms with Crippen LogP contribution in [0.5, 0.6) is 0 Å². The number of esters is 1. The Kier molecular flexibility index (Phi) is 4.28. The predicted octanol–water partition coefficient (Wildman–Crippen LogP) is 1.98. The minimum atomic E-state index is -0.701. The Hall–Kier alpha value is -1.73. The number of carbonyl (C=O) groups is 1. The standard InChI is InChI=1S/C11H11ClN2O5/c12-10-9(5-7(6-13-10)14(16)17)11(15)19-8-1-3-18-4-2-8/h5-6,8H,1-4H2. The molecule has 2 heterocycles. The Balaban J connectivity index is 2.13. The van der Waals surface area contributed by atoms with Crippen LogP contribution in [0.2, 0.25) is 5.15 Å². The molecule has 1 aromatic heterocycles. The molecule has 102 valence electrons. The fraction of sp³-hybridized carbons (Fsp3) is 0.455. The van der Waals surface area contributed by atoms with Crippen molar-refractivity contribution < 1.29 is 19.2 Å². The molecule has 0 spiro atoms. The van der Waals surface area contributed by atoms with Gasteiger partial charge in [-0.3, -0.25) is 10.1 Å². The van der Waals surface area contributed by atoms with E-state index in [2.05, 4.69) is 4.98 Å². The van der Waals surface area contributed by atoms with Crippen LogP contribution in [-0.4, -0.2) is 35.2 Å². The zero-order valence-corrected chi connectivity index (χ0v) is 10.6. The van der Waals surface area contributed by atoms with Crippen LogP contribution < -0.4 is 0 Å². The van der Waals surface area contributed by atoms with Crippen LogP contribution in [0.3, 0.4) is 0 Å². The van der Waals surface area contributed by atoms with E-state index in [1.54, 1.807) is 0 Å². The minimum absolute atomic E-state index is 0.0950. The number of aromatic nitrogens is 1. The molecule has 7 nitrogen and oxygen atoms in total. The summed E-state index contributed by atoms with van der Waals surface area (Å²) >= 11 is 5.75. The summed E-state index contributed by atoms with van der Waals surface area (Å²) in [6.07, 6.45) is 1.95. The normalized spacial score (nSPS) is 16.1. The Labute approximate surface area is 113 Å². The fourth-order valence-electron chi connectivity index (χ4n) is 1.69. The van der Waals surface area contributed by atoms with Crippen LogP contribution >= 0.6 is 11.6 Å². The molecule has 1 aliphatic rings. The molecular formula is C11H11ClN2O5. The lowest BCUT2D eigenvalue weighted by Gasteiger charge is -2.22. The Morgan fingerprint density at radius 1 is 1.53 bits per heavy atom. The predicted molar refractivity (Wildman–Crippen MR) is 65.2 cm³/mol. The second-order valence-corrected chi connectivity index (χ2v) is 4.36. The second kappa shape index (κ2) is 5.94. The molecular weight excluding hydrogens is 276 g/mol. The molecule has 8 heteroatoms. The van der Waals surface area contributed by atoms with Gasteiger partial charge in [-0.1, -0.05) is 11.6 Å². The average molecular weight is 287 g/mol. The van der Waals surface area contributed by atoms with Crippen LogP contribution in [0.25, 0.3) is 0 Å². The van der Waals surface area contributed by atoms with Gasteiger partial charge in [-0.05, 0) is 0 Å². The summed E-state index contributed by atoms with van der Waals surface area (Å²) in [4.78, 5) is 25.5. The maximum absolute atomic E-state index is 11.9. The van der Waals surface area contributed by atoms with E-state index in [4.69, 9.17) is 21.1 Å². The van der Waals surface area contributed by atoms with E-state index in [0.29, 0.717) is 26.1 Å². The third kappa shape index (κ3) is 3.39. The first-order valence-electron chi connectivity index (χ1n) is 5.66. The number of halogens is 1. The lowest BCUT2D eigenvalue weighted by Crippen LogP contribution is -2.26. The first-order chi connectivity index (χ1) is 9.08. The third-order valence-electron chi connectivity index (χ3n) is 2.70. The number of nitrogens with zero attached hydrogens (tertiary/aromatic N) is 2. The van der Waals surface area contributed by atoms with Crippen molar-refractivity contribution in [3.8, 4) is 0 Å². The molecule has 0 bridgehead atoms. The van der Waals surface area contributed by atoms with Gasteiger partial charge in [0, 0.05) is 18.9 Å². The first-order valence-corrected chi connectivity index (χ1v) is 6.04. The largest absolute Gasteiger partial charge is 0.459 e. The van der Waals surface area contributed by atoms with E-state index in [1.165, 1.54) is 0 Å². The van der Waals surface area contributed by atoms with E-state index < -0.39 is 10.9 Å². The van der Waals surface area contributed by atoms with Gasteiger partial charge in [0.25, 0.3) is 5.69 Å². The Bertz CT molecular complexity index is 502. The molecule has 2 rings (SSSR count). The van der Waals surface area contributed by atoms with Gasteiger partial charge in [0.1, 0.15) is 23.0 Å². The summed E-state index contributed by atoms with van der Waals surface area (Å²) in [6.45, 7) is 1.05. The van der Waals surface area contributed by atoms with Gasteiger partial charge in [0.2, 0.25) is 0 Å². The molecule has 0 N–H and O–H groups in total. The number of ether oxygens (including phenoxy) is 2. The summed E-state index contributed by atoms with van der Waals surface area (Å²) in [6, 6.07) is 1.07. The van der Waals surface area contributed by atoms with Gasteiger partial charge in [0.15, 0.2) is 0 Å². The number of hydrogen-bond donors (Lipinski definition) is 0. The first kappa shape index (κ1) is 13.7. The SMILES string of the molecule is O=C(OC1CCOCC1)c1cc([N+](=O)[O-])cnc1Cl. The molecule has 1 aromatic rings. The zero-order chi connectivity index (χ0) is 13.8. The van der Waals surface area contributed by atoms with Crippen LogP contribution in [0.1, 0.15) is 23.2 Å². The molecule has 19 heavy (non-hydrogen) atoms. The molecule has 0 aromatic carbocycles. The van der Waals surface area contributed by atoms with E-state index in [0.717, 1.165) is 12.3 Å². The van der Waals surface area contributed by atoms with Gasteiger partial charge < -0.3 is 9.47 Å². The van der Waals surface area contributed by atoms with E-state index >= 15 is 0 Å². The number of hydrogen-bond acceptors (Lipinski definition) is 6. The summed E-state index contributed by atoms with van der Waals surface area (Å²) in [5, 5.41) is 10.5. The molecule has 0 amide bonds. The van der Waals surface area contributed by atoms with Crippen LogP contribution in [0.15, 0.2) is 12.3 Å². The zero-order valence-electron chi connectivity index (χ0n) is 9.87. The quantitative estimate of drug-likeness (QED) is 0.365. The molecule has 0 atom stereocenters. The van der Waals surface area contributed by atoms with Crippen molar-refractivity contribution in [1.29, 1.82) is 0 Å². The van der Waals surface area contributed by atoms with Crippen molar-refractivity contribution in [2.24, 2.45) is 0 Å². The summed E-state index contributed by atoms with van der Waals surface area (Å²) in [5.74, 6) is -0.701. The third-order valence-corrected chi connectivity index (χ3v) is 3.00. The highest BCUT2D eigenvalue weighted by Crippen LogP contribution is 2.21. The summed E-state index contributed by atoms with van der Waals surface area (Å²) < 4.78 is 10.4. The van der Waals surface area contributed by atoms with Gasteiger partial charge in [-0.25, -0.2) is 9.78 Å². The Morgan fingerprint density at radius 2 is 2.21 bits per heavy atom. The molecule has 0 radical (unpaired) electrons. The van der Waals surface area contributed by atoms with Gasteiger partial charge in [-0.2, -0.15) is 0 Å². The lowest BCUT2D eigenvalue weighted by molar-refractivity contribution is -0.385. The molecule has 0 aliphatic carbocycles. The van der Waals surface area contributed by atoms with E-state index in [-0.39, 0.29) is 22.5 Å². The van der Waals surface area contributed by atoms with E-state index in [1.807, 2.05) is 0 Å². The van der Waals surface area contributed by atoms with E-state index in [9.17, 15) is 14.9 Å². The highest BCUT2D eigenvalue weighted by Gasteiger charge is 2.23. The van der Waals surface area contributed by atoms with Crippen molar-refractivity contribution in [3.05, 3.63) is 33.1 Å².